The third-order valence-corrected chi connectivity index (χ3v) is 5.73. The van der Waals surface area contributed by atoms with Crippen molar-refractivity contribution in [2.45, 2.75) is 6.92 Å². The number of carbonyl (C=O) groups is 1. The zero-order valence-corrected chi connectivity index (χ0v) is 21.3. The van der Waals surface area contributed by atoms with Crippen LogP contribution in [-0.4, -0.2) is 35.8 Å². The molecule has 0 saturated heterocycles. The van der Waals surface area contributed by atoms with Gasteiger partial charge in [-0.3, -0.25) is 0 Å². The number of hydrogen-bond donors (Lipinski definition) is 2. The maximum atomic E-state index is 11.7. The van der Waals surface area contributed by atoms with Crippen LogP contribution in [0.3, 0.4) is 0 Å². The number of aryl methyl sites for hydroxylation is 1. The molecule has 10 nitrogen and oxygen atoms in total. The van der Waals surface area contributed by atoms with E-state index in [1.165, 1.54) is 6.07 Å². The van der Waals surface area contributed by atoms with Crippen molar-refractivity contribution in [2.75, 3.05) is 5.32 Å². The van der Waals surface area contributed by atoms with E-state index in [0.29, 0.717) is 22.9 Å². The van der Waals surface area contributed by atoms with Gasteiger partial charge in [0.15, 0.2) is 11.5 Å². The van der Waals surface area contributed by atoms with E-state index in [2.05, 4.69) is 30.5 Å². The molecule has 0 amide bonds. The van der Waals surface area contributed by atoms with Crippen LogP contribution in [0.2, 0.25) is 10.6 Å². The summed E-state index contributed by atoms with van der Waals surface area (Å²) in [4.78, 5) is 23.7. The van der Waals surface area contributed by atoms with E-state index in [1.54, 1.807) is 22.9 Å². The van der Waals surface area contributed by atoms with Crippen LogP contribution in [-0.2, 0) is 0 Å². The highest BCUT2D eigenvalue weighted by Gasteiger charge is 2.22. The average molecular weight is 545 g/mol. The van der Waals surface area contributed by atoms with Gasteiger partial charge in [0.1, 0.15) is 11.4 Å². The zero-order valence-electron chi connectivity index (χ0n) is 19.7. The molecule has 2 N–H and O–H groups in total. The fraction of sp³-hybridized carbons (Fsp3) is 0.0385. The molecule has 0 atom stereocenters. The Morgan fingerprint density at radius 3 is 2.21 bits per heavy atom. The lowest BCUT2D eigenvalue weighted by molar-refractivity contribution is 0.0697. The Hall–Kier alpha value is -4.67. The van der Waals surface area contributed by atoms with Crippen molar-refractivity contribution in [1.29, 1.82) is 0 Å². The van der Waals surface area contributed by atoms with Gasteiger partial charge in [0.05, 0.1) is 11.3 Å². The minimum atomic E-state index is -1.12. The van der Waals surface area contributed by atoms with Crippen LogP contribution >= 0.6 is 23.2 Å². The number of carboxylic acids is 1. The number of nitrogens with one attached hydrogen (secondary N) is 1. The molecule has 0 aliphatic carbocycles. The highest BCUT2D eigenvalue weighted by molar-refractivity contribution is 6.31. The fourth-order valence-electron chi connectivity index (χ4n) is 3.61. The van der Waals surface area contributed by atoms with Gasteiger partial charge in [-0.25, -0.2) is 9.48 Å². The average Bonchev–Trinajstić information content (AvgIpc) is 3.25. The topological polar surface area (TPSA) is 131 Å². The van der Waals surface area contributed by atoms with Gasteiger partial charge in [-0.05, 0) is 54.4 Å². The molecule has 0 saturated carbocycles. The predicted octanol–water partition coefficient (Wildman–Crippen LogP) is 7.20. The van der Waals surface area contributed by atoms with E-state index in [4.69, 9.17) is 28.3 Å². The second-order valence-corrected chi connectivity index (χ2v) is 8.68. The minimum Gasteiger partial charge on any atom is -0.478 e. The molecule has 188 valence electrons. The molecule has 5 rings (SSSR count). The first kappa shape index (κ1) is 25.0. The van der Waals surface area contributed by atoms with Crippen molar-refractivity contribution in [1.82, 2.24) is 24.7 Å². The molecule has 38 heavy (non-hydrogen) atoms. The summed E-state index contributed by atoms with van der Waals surface area (Å²) in [6.45, 7) is 1.98. The fourth-order valence-corrected chi connectivity index (χ4v) is 3.98. The number of nitrogens with zero attached hydrogens (tertiary/aromatic N) is 7. The van der Waals surface area contributed by atoms with Crippen LogP contribution in [0.5, 0.6) is 0 Å². The van der Waals surface area contributed by atoms with Gasteiger partial charge in [-0.15, -0.1) is 10.2 Å². The molecule has 0 spiro atoms. The smallest absolute Gasteiger partial charge is 0.337 e. The van der Waals surface area contributed by atoms with Gasteiger partial charge < -0.3 is 10.4 Å². The first-order valence-electron chi connectivity index (χ1n) is 11.2. The standard InChI is InChI=1S/C26H18Cl2N8O2/c1-15-11-13-16(14-12-15)20-21(34-33-19-10-6-5-9-18(19)23(37)38)22(29-26-31-24(27)30-25(28)32-26)36(35-20)17-7-3-2-4-8-17/h2-14H,1H3,(H,37,38)(H,29,30,31,32). The van der Waals surface area contributed by atoms with E-state index in [9.17, 15) is 9.90 Å². The number of halogens is 2. The van der Waals surface area contributed by atoms with E-state index < -0.39 is 5.97 Å². The van der Waals surface area contributed by atoms with Gasteiger partial charge in [-0.1, -0.05) is 60.2 Å². The number of para-hydroxylation sites is 1. The largest absolute Gasteiger partial charge is 0.478 e. The van der Waals surface area contributed by atoms with E-state index in [-0.39, 0.29) is 27.8 Å². The predicted molar refractivity (Wildman–Crippen MR) is 144 cm³/mol. The summed E-state index contributed by atoms with van der Waals surface area (Å²) in [6.07, 6.45) is 0. The molecule has 0 radical (unpaired) electrons. The van der Waals surface area contributed by atoms with Crippen molar-refractivity contribution < 1.29 is 9.90 Å². The molecule has 0 bridgehead atoms. The highest BCUT2D eigenvalue weighted by atomic mass is 35.5. The van der Waals surface area contributed by atoms with Crippen molar-refractivity contribution in [3.63, 3.8) is 0 Å². The van der Waals surface area contributed by atoms with Crippen LogP contribution in [0.25, 0.3) is 16.9 Å². The second kappa shape index (κ2) is 10.8. The number of rotatable bonds is 7. The van der Waals surface area contributed by atoms with Crippen LogP contribution in [0.4, 0.5) is 23.1 Å². The first-order valence-corrected chi connectivity index (χ1v) is 12.0. The molecule has 3 aromatic carbocycles. The minimum absolute atomic E-state index is 0.00845. The summed E-state index contributed by atoms with van der Waals surface area (Å²) in [6, 6.07) is 23.4. The lowest BCUT2D eigenvalue weighted by Gasteiger charge is -2.09. The Balaban J connectivity index is 1.75. The van der Waals surface area contributed by atoms with E-state index in [0.717, 1.165) is 11.1 Å². The van der Waals surface area contributed by atoms with Gasteiger partial charge >= 0.3 is 5.97 Å². The maximum absolute atomic E-state index is 11.7. The summed E-state index contributed by atoms with van der Waals surface area (Å²) < 4.78 is 1.62. The quantitative estimate of drug-likeness (QED) is 0.207. The van der Waals surface area contributed by atoms with E-state index >= 15 is 0 Å². The number of azo groups is 1. The second-order valence-electron chi connectivity index (χ2n) is 8.00. The van der Waals surface area contributed by atoms with Crippen molar-refractivity contribution >= 4 is 52.3 Å². The lowest BCUT2D eigenvalue weighted by Crippen LogP contribution is -2.05. The van der Waals surface area contributed by atoms with Gasteiger partial charge in [0, 0.05) is 5.56 Å². The Morgan fingerprint density at radius 2 is 1.53 bits per heavy atom. The van der Waals surface area contributed by atoms with Crippen LogP contribution in [0.1, 0.15) is 15.9 Å². The molecular formula is C26H18Cl2N8O2. The highest BCUT2D eigenvalue weighted by Crippen LogP contribution is 2.40. The monoisotopic (exact) mass is 544 g/mol. The molecule has 2 aromatic heterocycles. The van der Waals surface area contributed by atoms with Crippen LogP contribution in [0, 0.1) is 6.92 Å². The van der Waals surface area contributed by atoms with Crippen LogP contribution < -0.4 is 5.32 Å². The first-order chi connectivity index (χ1) is 18.4. The van der Waals surface area contributed by atoms with Gasteiger partial charge in [0.2, 0.25) is 16.5 Å². The molecule has 2 heterocycles. The normalized spacial score (nSPS) is 11.1. The molecule has 12 heteroatoms. The van der Waals surface area contributed by atoms with Gasteiger partial charge in [0.25, 0.3) is 0 Å². The maximum Gasteiger partial charge on any atom is 0.337 e. The third kappa shape index (κ3) is 5.36. The molecule has 0 fully saturated rings. The summed E-state index contributed by atoms with van der Waals surface area (Å²) in [7, 11) is 0. The molecule has 0 unspecified atom stereocenters. The van der Waals surface area contributed by atoms with E-state index in [1.807, 2.05) is 61.5 Å². The SMILES string of the molecule is Cc1ccc(-c2nn(-c3ccccc3)c(Nc3nc(Cl)nc(Cl)n3)c2N=Nc2ccccc2C(=O)O)cc1. The molecule has 5 aromatic rings. The number of anilines is 2. The molecule has 0 aliphatic heterocycles. The Kier molecular flexibility index (Phi) is 7.07. The Morgan fingerprint density at radius 1 is 0.868 bits per heavy atom. The Bertz CT molecular complexity index is 1630. The van der Waals surface area contributed by atoms with Crippen LogP contribution in [0.15, 0.2) is 89.1 Å². The lowest BCUT2D eigenvalue weighted by atomic mass is 10.1. The number of aromatic nitrogens is 5. The summed E-state index contributed by atoms with van der Waals surface area (Å²) in [5.41, 5.74) is 3.53. The van der Waals surface area contributed by atoms with Crippen molar-refractivity contribution in [2.24, 2.45) is 10.2 Å². The number of benzene rings is 3. The molecular weight excluding hydrogens is 527 g/mol. The summed E-state index contributed by atoms with van der Waals surface area (Å²) >= 11 is 12.0. The number of carboxylic acid groups (broad SMARTS) is 1. The summed E-state index contributed by atoms with van der Waals surface area (Å²) in [5.74, 6) is -0.710. The zero-order chi connectivity index (χ0) is 26.6. The van der Waals surface area contributed by atoms with Crippen molar-refractivity contribution in [3.8, 4) is 16.9 Å². The summed E-state index contributed by atoms with van der Waals surface area (Å²) in [5, 5.41) is 26.1. The molecule has 0 aliphatic rings. The van der Waals surface area contributed by atoms with Crippen molar-refractivity contribution in [3.05, 3.63) is 101 Å². The number of hydrogen-bond acceptors (Lipinski definition) is 8. The Labute approximate surface area is 226 Å². The number of aromatic carboxylic acids is 1. The van der Waals surface area contributed by atoms with Gasteiger partial charge in [-0.2, -0.15) is 20.1 Å². The third-order valence-electron chi connectivity index (χ3n) is 5.39.